The van der Waals surface area contributed by atoms with Gasteiger partial charge in [-0.3, -0.25) is 4.31 Å². The van der Waals surface area contributed by atoms with Gasteiger partial charge in [0.15, 0.2) is 16.5 Å². The van der Waals surface area contributed by atoms with E-state index in [-0.39, 0.29) is 74.6 Å². The van der Waals surface area contributed by atoms with E-state index >= 15 is 8.78 Å². The molecule has 252 valence electrons. The van der Waals surface area contributed by atoms with E-state index < -0.39 is 27.4 Å². The molecule has 4 fully saturated rings. The molecule has 8 rings (SSSR count). The van der Waals surface area contributed by atoms with Crippen molar-refractivity contribution in [2.24, 2.45) is 11.3 Å². The molecule has 2 atom stereocenters. The Kier molecular flexibility index (Phi) is 7.36. The number of sulfonamides is 1. The van der Waals surface area contributed by atoms with E-state index in [9.17, 15) is 13.5 Å². The van der Waals surface area contributed by atoms with Crippen LogP contribution in [0.4, 0.5) is 14.6 Å². The van der Waals surface area contributed by atoms with Gasteiger partial charge in [-0.1, -0.05) is 12.0 Å². The summed E-state index contributed by atoms with van der Waals surface area (Å²) < 4.78 is 69.7. The number of rotatable bonds is 9. The van der Waals surface area contributed by atoms with Crippen molar-refractivity contribution in [1.29, 1.82) is 0 Å². The topological polar surface area (TPSA) is 111 Å². The highest BCUT2D eigenvalue weighted by Gasteiger charge is 2.48. The van der Waals surface area contributed by atoms with Crippen molar-refractivity contribution in [3.05, 3.63) is 46.9 Å². The number of aromatic nitrogens is 2. The number of phenols is 1. The van der Waals surface area contributed by atoms with Crippen LogP contribution >= 0.6 is 0 Å². The maximum atomic E-state index is 17.5. The number of hydrogen-bond donors (Lipinski definition) is 2. The lowest BCUT2D eigenvalue weighted by Gasteiger charge is -2.38. The van der Waals surface area contributed by atoms with Gasteiger partial charge < -0.3 is 25.0 Å². The zero-order chi connectivity index (χ0) is 33.5. The molecule has 0 spiro atoms. The number of phenolic OH excluding ortho intramolecular Hbond substituents is 1. The van der Waals surface area contributed by atoms with Gasteiger partial charge in [0.05, 0.1) is 17.9 Å². The number of nitrogens with one attached hydrogen (secondary N) is 1. The number of hydrogen-bond acceptors (Lipinski definition) is 9. The molecule has 13 heteroatoms. The van der Waals surface area contributed by atoms with Crippen molar-refractivity contribution >= 4 is 38.1 Å². The van der Waals surface area contributed by atoms with Crippen LogP contribution < -0.4 is 15.0 Å². The molecular weight excluding hydrogens is 638 g/mol. The third-order valence-corrected chi connectivity index (χ3v) is 12.0. The summed E-state index contributed by atoms with van der Waals surface area (Å²) in [5, 5.41) is 14.8. The van der Waals surface area contributed by atoms with E-state index in [0.717, 1.165) is 49.4 Å². The van der Waals surface area contributed by atoms with Crippen molar-refractivity contribution in [3.8, 4) is 24.1 Å². The van der Waals surface area contributed by atoms with E-state index in [1.54, 1.807) is 0 Å². The number of halogens is 2. The molecule has 5 aliphatic rings. The van der Waals surface area contributed by atoms with Gasteiger partial charge in [0.2, 0.25) is 0 Å². The summed E-state index contributed by atoms with van der Waals surface area (Å²) >= 11 is 0. The summed E-state index contributed by atoms with van der Waals surface area (Å²) in [6, 6.07) is 5.42. The van der Waals surface area contributed by atoms with Crippen LogP contribution in [-0.2, 0) is 10.0 Å². The van der Waals surface area contributed by atoms with Crippen LogP contribution in [0.25, 0.3) is 22.3 Å². The minimum Gasteiger partial charge on any atom is -0.508 e. The first-order valence-electron chi connectivity index (χ1n) is 16.5. The monoisotopic (exact) mass is 676 g/mol. The quantitative estimate of drug-likeness (QED) is 0.320. The molecule has 2 saturated heterocycles. The number of benzene rings is 2. The lowest BCUT2D eigenvalue weighted by atomic mass is 9.95. The summed E-state index contributed by atoms with van der Waals surface area (Å²) in [4.78, 5) is 12.9. The molecule has 1 aromatic heterocycles. The van der Waals surface area contributed by atoms with Crippen molar-refractivity contribution in [2.75, 3.05) is 51.8 Å². The summed E-state index contributed by atoms with van der Waals surface area (Å²) in [6.45, 7) is 2.11. The van der Waals surface area contributed by atoms with Gasteiger partial charge in [-0.05, 0) is 82.1 Å². The van der Waals surface area contributed by atoms with Crippen LogP contribution in [0.3, 0.4) is 0 Å². The first-order valence-corrected chi connectivity index (χ1v) is 18.0. The second-order valence-corrected chi connectivity index (χ2v) is 16.2. The first-order chi connectivity index (χ1) is 23.0. The third kappa shape index (κ3) is 5.34. The molecular formula is C35H38F2N6O4S. The first kappa shape index (κ1) is 31.3. The lowest BCUT2D eigenvalue weighted by molar-refractivity contribution is 0.182. The molecule has 0 amide bonds. The van der Waals surface area contributed by atoms with E-state index in [4.69, 9.17) is 16.1 Å². The summed E-state index contributed by atoms with van der Waals surface area (Å²) in [5.41, 5.74) is -1.01. The number of ether oxygens (including phenoxy) is 1. The molecule has 4 heterocycles. The summed E-state index contributed by atoms with van der Waals surface area (Å²) in [6.07, 6.45) is 11.1. The fraction of sp³-hybridized carbons (Fsp3) is 0.486. The Morgan fingerprint density at radius 2 is 1.85 bits per heavy atom. The number of terminal acetylenes is 1. The van der Waals surface area contributed by atoms with Crippen LogP contribution in [0.1, 0.15) is 55.3 Å². The van der Waals surface area contributed by atoms with Gasteiger partial charge in [0, 0.05) is 54.6 Å². The second-order valence-electron chi connectivity index (χ2n) is 14.4. The van der Waals surface area contributed by atoms with Crippen molar-refractivity contribution in [1.82, 2.24) is 24.5 Å². The van der Waals surface area contributed by atoms with Gasteiger partial charge >= 0.3 is 6.01 Å². The summed E-state index contributed by atoms with van der Waals surface area (Å²) in [7, 11) is -0.489. The molecule has 0 radical (unpaired) electrons. The van der Waals surface area contributed by atoms with E-state index in [0.29, 0.717) is 25.1 Å². The van der Waals surface area contributed by atoms with Gasteiger partial charge in [-0.25, -0.2) is 17.2 Å². The zero-order valence-electron chi connectivity index (χ0n) is 27.0. The Morgan fingerprint density at radius 3 is 2.50 bits per heavy atom. The maximum Gasteiger partial charge on any atom is 0.319 e. The van der Waals surface area contributed by atoms with Gasteiger partial charge in [0.25, 0.3) is 10.0 Å². The number of nitrogens with zero attached hydrogens (tertiary/aromatic N) is 5. The van der Waals surface area contributed by atoms with Crippen molar-refractivity contribution in [2.45, 2.75) is 55.5 Å². The second kappa shape index (κ2) is 11.3. The Labute approximate surface area is 278 Å². The van der Waals surface area contributed by atoms with Crippen molar-refractivity contribution < 1.29 is 27.0 Å². The Balaban J connectivity index is 1.36. The SMILES string of the molecule is C#Cc1c(F)ccc2cc(O)cc(C3=C(F)c4nc(OCC5(CN(C)C)CC5)nc(N5CC6CCC(C5)N6)c4S(=O)(=O)N3CC3CC3)c12. The Hall–Kier alpha value is -3.99. The van der Waals surface area contributed by atoms with Gasteiger partial charge in [-0.2, -0.15) is 9.97 Å². The molecule has 3 aliphatic heterocycles. The number of aromatic hydroxyl groups is 1. The van der Waals surface area contributed by atoms with Crippen LogP contribution in [0.5, 0.6) is 11.8 Å². The maximum absolute atomic E-state index is 17.5. The van der Waals surface area contributed by atoms with Gasteiger partial charge in [-0.15, -0.1) is 6.42 Å². The number of piperazine rings is 1. The molecule has 2 aliphatic carbocycles. The molecule has 2 N–H and O–H groups in total. The largest absolute Gasteiger partial charge is 0.508 e. The molecule has 2 saturated carbocycles. The Morgan fingerprint density at radius 1 is 1.12 bits per heavy atom. The van der Waals surface area contributed by atoms with Crippen LogP contribution in [-0.4, -0.2) is 91.7 Å². The fourth-order valence-corrected chi connectivity index (χ4v) is 9.48. The molecule has 48 heavy (non-hydrogen) atoms. The highest BCUT2D eigenvalue weighted by molar-refractivity contribution is 7.89. The molecule has 2 aromatic carbocycles. The number of anilines is 1. The van der Waals surface area contributed by atoms with E-state index in [1.165, 1.54) is 24.3 Å². The lowest BCUT2D eigenvalue weighted by Crippen LogP contribution is -2.52. The molecule has 2 unspecified atom stereocenters. The predicted octanol–water partition coefficient (Wildman–Crippen LogP) is 4.33. The summed E-state index contributed by atoms with van der Waals surface area (Å²) in [5.74, 6) is 0.586. The number of fused-ring (bicyclic) bond motifs is 4. The fourth-order valence-electron chi connectivity index (χ4n) is 7.65. The predicted molar refractivity (Wildman–Crippen MR) is 178 cm³/mol. The van der Waals surface area contributed by atoms with Crippen LogP contribution in [0.2, 0.25) is 0 Å². The van der Waals surface area contributed by atoms with E-state index in [2.05, 4.69) is 21.1 Å². The van der Waals surface area contributed by atoms with Gasteiger partial charge in [0.1, 0.15) is 17.3 Å². The molecule has 10 nitrogen and oxygen atoms in total. The minimum absolute atomic E-state index is 0.0000682. The Bertz CT molecular complexity index is 2010. The zero-order valence-corrected chi connectivity index (χ0v) is 27.8. The standard InChI is InChI=1S/C35H38F2N6O4S/c1-4-25-27(36)10-7-21-13-24(44)14-26(28(21)25)31-29(37)30-32(48(45,46)43(31)15-20-5-6-20)33(42-16-22-8-9-23(17-42)38-22)40-34(39-30)47-19-35(11-12-35)18-41(2)3/h1,7,10,13-14,20,22-23,38,44H,5-6,8-9,11-12,15-19H2,2-3H3. The van der Waals surface area contributed by atoms with E-state index in [1.807, 2.05) is 19.0 Å². The normalized spacial score (nSPS) is 23.8. The molecule has 3 aromatic rings. The van der Waals surface area contributed by atoms with Crippen molar-refractivity contribution in [3.63, 3.8) is 0 Å². The van der Waals surface area contributed by atoms with Crippen LogP contribution in [0.15, 0.2) is 29.2 Å². The minimum atomic E-state index is -4.48. The van der Waals surface area contributed by atoms with Crippen LogP contribution in [0, 0.1) is 29.5 Å². The average molecular weight is 677 g/mol. The highest BCUT2D eigenvalue weighted by Crippen LogP contribution is 2.50. The molecule has 2 bridgehead atoms. The highest BCUT2D eigenvalue weighted by atomic mass is 32.2. The third-order valence-electron chi connectivity index (χ3n) is 10.2. The average Bonchev–Trinajstić information content (AvgIpc) is 3.98. The smallest absolute Gasteiger partial charge is 0.319 e.